The molecule has 0 bridgehead atoms. The lowest BCUT2D eigenvalue weighted by Crippen LogP contribution is -2.32. The van der Waals surface area contributed by atoms with Crippen LogP contribution in [0.5, 0.6) is 5.75 Å². The van der Waals surface area contributed by atoms with Crippen molar-refractivity contribution in [3.8, 4) is 5.75 Å². The van der Waals surface area contributed by atoms with Crippen LogP contribution in [0.1, 0.15) is 44.5 Å². The number of hydrogen-bond acceptors (Lipinski definition) is 5. The van der Waals surface area contributed by atoms with Gasteiger partial charge in [0.05, 0.1) is 23.2 Å². The van der Waals surface area contributed by atoms with Crippen molar-refractivity contribution in [3.05, 3.63) is 40.5 Å². The number of nitrogens with zero attached hydrogens (tertiary/aromatic N) is 2. The Kier molecular flexibility index (Phi) is 4.90. The SMILES string of the molecule is CC(C)(C)c1cc(NC(=O)[C@H]2Cc3cc(Cl)ccc3O2)n([C@H]2CCS(=O)(=O)C2)n1. The first-order chi connectivity index (χ1) is 13.5. The number of benzene rings is 1. The normalized spacial score (nSPS) is 22.9. The minimum absolute atomic E-state index is 0.0327. The number of rotatable bonds is 3. The fraction of sp³-hybridized carbons (Fsp3) is 0.500. The van der Waals surface area contributed by atoms with E-state index in [1.165, 1.54) is 0 Å². The first kappa shape index (κ1) is 20.2. The Morgan fingerprint density at radius 1 is 1.31 bits per heavy atom. The number of sulfone groups is 1. The van der Waals surface area contributed by atoms with Crippen molar-refractivity contribution in [3.63, 3.8) is 0 Å². The smallest absolute Gasteiger partial charge is 0.266 e. The van der Waals surface area contributed by atoms with Gasteiger partial charge < -0.3 is 10.1 Å². The Hall–Kier alpha value is -2.06. The van der Waals surface area contributed by atoms with E-state index in [4.69, 9.17) is 16.3 Å². The number of hydrogen-bond donors (Lipinski definition) is 1. The summed E-state index contributed by atoms with van der Waals surface area (Å²) in [6.45, 7) is 6.07. The summed E-state index contributed by atoms with van der Waals surface area (Å²) in [5.41, 5.74) is 1.45. The predicted molar refractivity (Wildman–Crippen MR) is 111 cm³/mol. The molecule has 156 valence electrons. The van der Waals surface area contributed by atoms with Crippen molar-refractivity contribution in [1.29, 1.82) is 0 Å². The van der Waals surface area contributed by atoms with E-state index in [2.05, 4.69) is 10.4 Å². The first-order valence-electron chi connectivity index (χ1n) is 9.58. The van der Waals surface area contributed by atoms with E-state index in [9.17, 15) is 13.2 Å². The molecule has 0 saturated carbocycles. The van der Waals surface area contributed by atoms with Crippen molar-refractivity contribution >= 4 is 33.2 Å². The molecular weight excluding hydrogens is 414 g/mol. The number of nitrogens with one attached hydrogen (secondary N) is 1. The Bertz CT molecular complexity index is 1070. The molecule has 0 radical (unpaired) electrons. The molecule has 2 aromatic rings. The molecular formula is C20H24ClN3O4S. The van der Waals surface area contributed by atoms with Crippen molar-refractivity contribution < 1.29 is 17.9 Å². The van der Waals surface area contributed by atoms with E-state index < -0.39 is 15.9 Å². The number of anilines is 1. The highest BCUT2D eigenvalue weighted by Gasteiger charge is 2.34. The van der Waals surface area contributed by atoms with Crippen LogP contribution in [0.2, 0.25) is 5.02 Å². The molecule has 0 unspecified atom stereocenters. The van der Waals surface area contributed by atoms with Crippen molar-refractivity contribution in [2.24, 2.45) is 0 Å². The largest absolute Gasteiger partial charge is 0.480 e. The number of fused-ring (bicyclic) bond motifs is 1. The van der Waals surface area contributed by atoms with Gasteiger partial charge in [0, 0.05) is 22.9 Å². The Labute approximate surface area is 175 Å². The van der Waals surface area contributed by atoms with Gasteiger partial charge in [0.25, 0.3) is 5.91 Å². The third kappa shape index (κ3) is 4.14. The van der Waals surface area contributed by atoms with Gasteiger partial charge in [0.2, 0.25) is 0 Å². The summed E-state index contributed by atoms with van der Waals surface area (Å²) in [5.74, 6) is 1.03. The summed E-state index contributed by atoms with van der Waals surface area (Å²) in [7, 11) is -3.08. The van der Waals surface area contributed by atoms with E-state index in [-0.39, 0.29) is 28.9 Å². The van der Waals surface area contributed by atoms with Crippen molar-refractivity contribution in [2.75, 3.05) is 16.8 Å². The van der Waals surface area contributed by atoms with Crippen LogP contribution in [0.3, 0.4) is 0 Å². The minimum Gasteiger partial charge on any atom is -0.480 e. The number of carbonyl (C=O) groups is 1. The van der Waals surface area contributed by atoms with Crippen LogP contribution < -0.4 is 10.1 Å². The van der Waals surface area contributed by atoms with Gasteiger partial charge >= 0.3 is 0 Å². The second-order valence-corrected chi connectivity index (χ2v) is 11.4. The zero-order valence-corrected chi connectivity index (χ0v) is 18.2. The van der Waals surface area contributed by atoms with Gasteiger partial charge in [0.15, 0.2) is 15.9 Å². The van der Waals surface area contributed by atoms with Gasteiger partial charge in [-0.15, -0.1) is 0 Å². The van der Waals surface area contributed by atoms with Gasteiger partial charge in [-0.05, 0) is 30.2 Å². The molecule has 0 aliphatic carbocycles. The summed E-state index contributed by atoms with van der Waals surface area (Å²) < 4.78 is 31.3. The maximum absolute atomic E-state index is 12.9. The van der Waals surface area contributed by atoms with Crippen LogP contribution in [0.15, 0.2) is 24.3 Å². The second-order valence-electron chi connectivity index (χ2n) is 8.72. The fourth-order valence-corrected chi connectivity index (χ4v) is 5.56. The maximum Gasteiger partial charge on any atom is 0.266 e. The van der Waals surface area contributed by atoms with Crippen LogP contribution in [-0.2, 0) is 26.5 Å². The molecule has 1 N–H and O–H groups in total. The van der Waals surface area contributed by atoms with Crippen LogP contribution in [0, 0.1) is 0 Å². The third-order valence-corrected chi connectivity index (χ3v) is 7.28. The van der Waals surface area contributed by atoms with Gasteiger partial charge in [0.1, 0.15) is 11.6 Å². The van der Waals surface area contributed by atoms with Crippen LogP contribution >= 0.6 is 11.6 Å². The monoisotopic (exact) mass is 437 g/mol. The minimum atomic E-state index is -3.08. The molecule has 4 rings (SSSR count). The fourth-order valence-electron chi connectivity index (χ4n) is 3.67. The van der Waals surface area contributed by atoms with Crippen molar-refractivity contribution in [2.45, 2.75) is 51.2 Å². The summed E-state index contributed by atoms with van der Waals surface area (Å²) >= 11 is 6.03. The highest BCUT2D eigenvalue weighted by atomic mass is 35.5. The van der Waals surface area contributed by atoms with Gasteiger partial charge in [-0.3, -0.25) is 4.79 Å². The molecule has 1 aromatic heterocycles. The van der Waals surface area contributed by atoms with E-state index in [1.807, 2.05) is 26.8 Å². The number of carbonyl (C=O) groups excluding carboxylic acids is 1. The second kappa shape index (κ2) is 7.02. The molecule has 0 spiro atoms. The number of ether oxygens (including phenoxy) is 1. The van der Waals surface area contributed by atoms with E-state index in [0.717, 1.165) is 11.3 Å². The molecule has 9 heteroatoms. The van der Waals surface area contributed by atoms with Gasteiger partial charge in [-0.25, -0.2) is 13.1 Å². The third-order valence-electron chi connectivity index (χ3n) is 5.30. The maximum atomic E-state index is 12.9. The number of halogens is 1. The first-order valence-corrected chi connectivity index (χ1v) is 11.8. The molecule has 7 nitrogen and oxygen atoms in total. The quantitative estimate of drug-likeness (QED) is 0.796. The standard InChI is InChI=1S/C20H24ClN3O4S/c1-20(2,3)17-10-18(24(23-17)14-6-7-29(26,27)11-14)22-19(25)16-9-12-8-13(21)4-5-15(12)28-16/h4-5,8,10,14,16H,6-7,9,11H2,1-3H3,(H,22,25)/t14-,16+/m0/s1. The Morgan fingerprint density at radius 3 is 2.72 bits per heavy atom. The average molecular weight is 438 g/mol. The lowest BCUT2D eigenvalue weighted by molar-refractivity contribution is -0.122. The van der Waals surface area contributed by atoms with Gasteiger partial charge in [-0.2, -0.15) is 5.10 Å². The highest BCUT2D eigenvalue weighted by Crippen LogP contribution is 2.33. The Morgan fingerprint density at radius 2 is 2.07 bits per heavy atom. The summed E-state index contributed by atoms with van der Waals surface area (Å²) in [5, 5.41) is 8.15. The number of amides is 1. The zero-order valence-electron chi connectivity index (χ0n) is 16.6. The van der Waals surface area contributed by atoms with Crippen molar-refractivity contribution in [1.82, 2.24) is 9.78 Å². The van der Waals surface area contributed by atoms with E-state index in [0.29, 0.717) is 29.4 Å². The molecule has 3 heterocycles. The summed E-state index contributed by atoms with van der Waals surface area (Å²) in [6, 6.07) is 6.83. The topological polar surface area (TPSA) is 90.3 Å². The van der Waals surface area contributed by atoms with Crippen LogP contribution in [0.4, 0.5) is 5.82 Å². The van der Waals surface area contributed by atoms with Gasteiger partial charge in [-0.1, -0.05) is 32.4 Å². The molecule has 1 saturated heterocycles. The highest BCUT2D eigenvalue weighted by molar-refractivity contribution is 7.91. The molecule has 2 aliphatic rings. The molecule has 2 aliphatic heterocycles. The molecule has 1 aromatic carbocycles. The summed E-state index contributed by atoms with van der Waals surface area (Å²) in [6.07, 6.45) is 0.248. The molecule has 1 fully saturated rings. The lowest BCUT2D eigenvalue weighted by atomic mass is 9.92. The Balaban J connectivity index is 1.58. The van der Waals surface area contributed by atoms with Crippen LogP contribution in [0.25, 0.3) is 0 Å². The lowest BCUT2D eigenvalue weighted by Gasteiger charge is -2.16. The summed E-state index contributed by atoms with van der Waals surface area (Å²) in [4.78, 5) is 12.9. The van der Waals surface area contributed by atoms with E-state index in [1.54, 1.807) is 22.9 Å². The van der Waals surface area contributed by atoms with Crippen LogP contribution in [-0.4, -0.2) is 41.7 Å². The molecule has 1 amide bonds. The molecule has 2 atom stereocenters. The molecule has 29 heavy (non-hydrogen) atoms. The number of aromatic nitrogens is 2. The zero-order chi connectivity index (χ0) is 21.0. The predicted octanol–water partition coefficient (Wildman–Crippen LogP) is 3.14. The van der Waals surface area contributed by atoms with E-state index >= 15 is 0 Å². The average Bonchev–Trinajstić information content (AvgIpc) is 3.30.